The van der Waals surface area contributed by atoms with Crippen LogP contribution in [-0.2, 0) is 4.74 Å². The third kappa shape index (κ3) is 3.76. The van der Waals surface area contributed by atoms with Gasteiger partial charge in [0.15, 0.2) is 17.6 Å². The van der Waals surface area contributed by atoms with E-state index >= 15 is 0 Å². The number of para-hydroxylation sites is 1. The maximum atomic E-state index is 13.0. The lowest BCUT2D eigenvalue weighted by Crippen LogP contribution is -2.25. The van der Waals surface area contributed by atoms with Crippen LogP contribution in [0, 0.1) is 6.92 Å². The highest BCUT2D eigenvalue weighted by Crippen LogP contribution is 2.35. The van der Waals surface area contributed by atoms with E-state index in [0.29, 0.717) is 17.1 Å². The zero-order valence-corrected chi connectivity index (χ0v) is 17.0. The molecular formula is C22H23NO6. The fraction of sp³-hybridized carbons (Fsp3) is 0.273. The molecule has 29 heavy (non-hydrogen) atoms. The predicted molar refractivity (Wildman–Crippen MR) is 108 cm³/mol. The summed E-state index contributed by atoms with van der Waals surface area (Å²) in [6, 6.07) is 10.5. The number of rotatable bonds is 7. The minimum Gasteiger partial charge on any atom is -0.496 e. The average molecular weight is 397 g/mol. The number of fused-ring (bicyclic) bond motifs is 1. The number of carbonyl (C=O) groups excluding carboxylic acids is 2. The van der Waals surface area contributed by atoms with Gasteiger partial charge in [-0.3, -0.25) is 4.79 Å². The molecule has 0 fully saturated rings. The molecule has 1 N–H and O–H groups in total. The number of carbonyl (C=O) groups is 2. The first kappa shape index (κ1) is 20.3. The van der Waals surface area contributed by atoms with Gasteiger partial charge in [-0.2, -0.15) is 0 Å². The Morgan fingerprint density at radius 2 is 1.55 bits per heavy atom. The number of esters is 1. The number of ketones is 1. The third-order valence-electron chi connectivity index (χ3n) is 4.72. The van der Waals surface area contributed by atoms with E-state index in [2.05, 4.69) is 4.98 Å². The van der Waals surface area contributed by atoms with Gasteiger partial charge in [0, 0.05) is 34.3 Å². The molecule has 3 rings (SSSR count). The van der Waals surface area contributed by atoms with E-state index in [-0.39, 0.29) is 17.1 Å². The summed E-state index contributed by atoms with van der Waals surface area (Å²) in [6.07, 6.45) is -0.988. The minimum absolute atomic E-state index is 0.139. The van der Waals surface area contributed by atoms with Gasteiger partial charge in [-0.05, 0) is 19.9 Å². The Balaban J connectivity index is 1.89. The molecule has 0 spiro atoms. The quantitative estimate of drug-likeness (QED) is 0.480. The molecule has 0 amide bonds. The molecule has 1 aromatic heterocycles. The smallest absolute Gasteiger partial charge is 0.342 e. The van der Waals surface area contributed by atoms with Gasteiger partial charge in [0.05, 0.1) is 21.3 Å². The van der Waals surface area contributed by atoms with Gasteiger partial charge in [0.1, 0.15) is 11.3 Å². The number of H-pyrrole nitrogens is 1. The molecule has 152 valence electrons. The average Bonchev–Trinajstić information content (AvgIpc) is 3.07. The first-order chi connectivity index (χ1) is 13.9. The van der Waals surface area contributed by atoms with Crippen molar-refractivity contribution in [2.24, 2.45) is 0 Å². The fourth-order valence-electron chi connectivity index (χ4n) is 3.26. The zero-order chi connectivity index (χ0) is 21.1. The number of nitrogens with one attached hydrogen (secondary N) is 1. The van der Waals surface area contributed by atoms with Crippen LogP contribution in [0.25, 0.3) is 10.9 Å². The van der Waals surface area contributed by atoms with Crippen LogP contribution in [0.15, 0.2) is 36.4 Å². The summed E-state index contributed by atoms with van der Waals surface area (Å²) in [4.78, 5) is 29.0. The number of aryl methyl sites for hydroxylation is 1. The molecule has 0 saturated carbocycles. The number of methoxy groups -OCH3 is 3. The van der Waals surface area contributed by atoms with Gasteiger partial charge in [0.25, 0.3) is 0 Å². The van der Waals surface area contributed by atoms with E-state index in [1.54, 1.807) is 6.92 Å². The molecule has 0 bridgehead atoms. The maximum absolute atomic E-state index is 13.0. The standard InChI is InChI=1S/C22H23NO6/c1-12-20(14-8-6-7-9-16(14)23-12)21(24)13(2)29-22(25)15-10-18(27-4)19(28-5)11-17(15)26-3/h6-11,13,23H,1-5H3/t13-/m1/s1. The second-order valence-electron chi connectivity index (χ2n) is 6.49. The molecular weight excluding hydrogens is 374 g/mol. The van der Waals surface area contributed by atoms with Gasteiger partial charge in [0.2, 0.25) is 5.78 Å². The summed E-state index contributed by atoms with van der Waals surface area (Å²) in [5.41, 5.74) is 2.23. The Kier molecular flexibility index (Phi) is 5.77. The number of aromatic amines is 1. The number of ether oxygens (including phenoxy) is 4. The molecule has 1 atom stereocenters. The van der Waals surface area contributed by atoms with Crippen LogP contribution in [0.2, 0.25) is 0 Å². The van der Waals surface area contributed by atoms with Gasteiger partial charge in [-0.25, -0.2) is 4.79 Å². The molecule has 1 heterocycles. The van der Waals surface area contributed by atoms with E-state index in [4.69, 9.17) is 18.9 Å². The fourth-order valence-corrected chi connectivity index (χ4v) is 3.26. The second kappa shape index (κ2) is 8.26. The molecule has 0 aliphatic carbocycles. The van der Waals surface area contributed by atoms with Gasteiger partial charge >= 0.3 is 5.97 Å². The predicted octanol–water partition coefficient (Wildman–Crippen LogP) is 3.93. The highest BCUT2D eigenvalue weighted by molar-refractivity contribution is 6.11. The van der Waals surface area contributed by atoms with Crippen molar-refractivity contribution < 1.29 is 28.5 Å². The molecule has 0 aliphatic rings. The van der Waals surface area contributed by atoms with Crippen LogP contribution >= 0.6 is 0 Å². The van der Waals surface area contributed by atoms with Crippen molar-refractivity contribution in [3.63, 3.8) is 0 Å². The van der Waals surface area contributed by atoms with E-state index < -0.39 is 12.1 Å². The SMILES string of the molecule is COc1cc(OC)c(C(=O)O[C@H](C)C(=O)c2c(C)[nH]c3ccccc23)cc1OC. The summed E-state index contributed by atoms with van der Waals surface area (Å²) < 4.78 is 21.2. The normalized spacial score (nSPS) is 11.8. The van der Waals surface area contributed by atoms with Crippen LogP contribution in [0.4, 0.5) is 0 Å². The lowest BCUT2D eigenvalue weighted by Gasteiger charge is -2.16. The number of hydrogen-bond donors (Lipinski definition) is 1. The monoisotopic (exact) mass is 397 g/mol. The number of aromatic nitrogens is 1. The molecule has 2 aromatic carbocycles. The van der Waals surface area contributed by atoms with Crippen molar-refractivity contribution in [3.8, 4) is 17.2 Å². The van der Waals surface area contributed by atoms with E-state index in [1.165, 1.54) is 33.5 Å². The lowest BCUT2D eigenvalue weighted by atomic mass is 10.0. The molecule has 7 nitrogen and oxygen atoms in total. The van der Waals surface area contributed by atoms with Gasteiger partial charge < -0.3 is 23.9 Å². The van der Waals surface area contributed by atoms with Crippen molar-refractivity contribution in [1.82, 2.24) is 4.98 Å². The summed E-state index contributed by atoms with van der Waals surface area (Å²) in [7, 11) is 4.38. The van der Waals surface area contributed by atoms with Crippen molar-refractivity contribution >= 4 is 22.7 Å². The molecule has 0 saturated heterocycles. The lowest BCUT2D eigenvalue weighted by molar-refractivity contribution is 0.0315. The summed E-state index contributed by atoms with van der Waals surface area (Å²) in [6.45, 7) is 3.37. The highest BCUT2D eigenvalue weighted by atomic mass is 16.5. The minimum atomic E-state index is -0.988. The van der Waals surface area contributed by atoms with Gasteiger partial charge in [-0.1, -0.05) is 18.2 Å². The third-order valence-corrected chi connectivity index (χ3v) is 4.72. The Morgan fingerprint density at radius 3 is 2.21 bits per heavy atom. The Hall–Kier alpha value is -3.48. The van der Waals surface area contributed by atoms with Crippen LogP contribution in [0.1, 0.15) is 33.3 Å². The maximum Gasteiger partial charge on any atom is 0.342 e. The summed E-state index contributed by atoms with van der Waals surface area (Å²) >= 11 is 0. The molecule has 0 aliphatic heterocycles. The van der Waals surface area contributed by atoms with Crippen molar-refractivity contribution in [1.29, 1.82) is 0 Å². The molecule has 3 aromatic rings. The Morgan fingerprint density at radius 1 is 0.931 bits per heavy atom. The molecule has 0 radical (unpaired) electrons. The zero-order valence-electron chi connectivity index (χ0n) is 17.0. The van der Waals surface area contributed by atoms with E-state index in [9.17, 15) is 9.59 Å². The number of hydrogen-bond acceptors (Lipinski definition) is 6. The van der Waals surface area contributed by atoms with Crippen LogP contribution in [-0.4, -0.2) is 44.2 Å². The summed E-state index contributed by atoms with van der Waals surface area (Å²) in [5, 5.41) is 0.793. The largest absolute Gasteiger partial charge is 0.496 e. The first-order valence-corrected chi connectivity index (χ1v) is 9.03. The first-order valence-electron chi connectivity index (χ1n) is 9.03. The van der Waals surface area contributed by atoms with E-state index in [1.807, 2.05) is 31.2 Å². The second-order valence-corrected chi connectivity index (χ2v) is 6.49. The van der Waals surface area contributed by atoms with Crippen LogP contribution in [0.5, 0.6) is 17.2 Å². The Labute approximate surface area is 168 Å². The Bertz CT molecular complexity index is 1070. The van der Waals surface area contributed by atoms with E-state index in [0.717, 1.165) is 16.6 Å². The van der Waals surface area contributed by atoms with Crippen LogP contribution < -0.4 is 14.2 Å². The highest BCUT2D eigenvalue weighted by Gasteiger charge is 2.27. The number of Topliss-reactive ketones (excluding diaryl/α,β-unsaturated/α-hetero) is 1. The number of benzene rings is 2. The van der Waals surface area contributed by atoms with Crippen molar-refractivity contribution in [2.75, 3.05) is 21.3 Å². The topological polar surface area (TPSA) is 86.9 Å². The van der Waals surface area contributed by atoms with Crippen molar-refractivity contribution in [3.05, 3.63) is 53.2 Å². The van der Waals surface area contributed by atoms with Gasteiger partial charge in [-0.15, -0.1) is 0 Å². The molecule has 7 heteroatoms. The summed E-state index contributed by atoms with van der Waals surface area (Å²) in [5.74, 6) is 0.0515. The van der Waals surface area contributed by atoms with Crippen molar-refractivity contribution in [2.45, 2.75) is 20.0 Å². The van der Waals surface area contributed by atoms with Crippen LogP contribution in [0.3, 0.4) is 0 Å². The molecule has 0 unspecified atom stereocenters.